The van der Waals surface area contributed by atoms with E-state index in [0.29, 0.717) is 24.6 Å². The molecule has 7 nitrogen and oxygen atoms in total. The van der Waals surface area contributed by atoms with Gasteiger partial charge in [0.15, 0.2) is 17.3 Å². The van der Waals surface area contributed by atoms with E-state index in [2.05, 4.69) is 21.9 Å². The number of benzene rings is 3. The lowest BCUT2D eigenvalue weighted by atomic mass is 10.0. The molecule has 178 valence electrons. The van der Waals surface area contributed by atoms with Gasteiger partial charge >= 0.3 is 4.87 Å². The van der Waals surface area contributed by atoms with Crippen molar-refractivity contribution in [1.82, 2.24) is 14.4 Å². The first-order valence-electron chi connectivity index (χ1n) is 11.7. The number of hydrogen-bond acceptors (Lipinski definition) is 7. The van der Waals surface area contributed by atoms with Crippen molar-refractivity contribution >= 4 is 27.3 Å². The van der Waals surface area contributed by atoms with Crippen LogP contribution in [0, 0.1) is 0 Å². The molecule has 6 rings (SSSR count). The topological polar surface area (TPSA) is 64.0 Å². The molecular formula is C27H25N3O4S. The molecule has 1 fully saturated rings. The van der Waals surface area contributed by atoms with E-state index in [1.54, 1.807) is 0 Å². The Bertz CT molecular complexity index is 1440. The van der Waals surface area contributed by atoms with Gasteiger partial charge < -0.3 is 9.47 Å². The van der Waals surface area contributed by atoms with E-state index >= 15 is 0 Å². The Morgan fingerprint density at radius 1 is 0.829 bits per heavy atom. The number of nitrogens with zero attached hydrogens (tertiary/aromatic N) is 3. The number of aromatic nitrogens is 1. The van der Waals surface area contributed by atoms with Crippen LogP contribution in [-0.4, -0.2) is 53.1 Å². The summed E-state index contributed by atoms with van der Waals surface area (Å²) in [7, 11) is 0. The zero-order chi connectivity index (χ0) is 23.8. The number of ether oxygens (including phenoxy) is 2. The molecule has 3 heterocycles. The first kappa shape index (κ1) is 22.0. The lowest BCUT2D eigenvalue weighted by Crippen LogP contribution is -2.46. The van der Waals surface area contributed by atoms with Crippen molar-refractivity contribution in [3.05, 3.63) is 93.1 Å². The summed E-state index contributed by atoms with van der Waals surface area (Å²) >= 11 is 1.20. The van der Waals surface area contributed by atoms with E-state index in [4.69, 9.17) is 9.47 Å². The lowest BCUT2D eigenvalue weighted by Gasteiger charge is -2.34. The van der Waals surface area contributed by atoms with Crippen molar-refractivity contribution in [2.45, 2.75) is 13.2 Å². The van der Waals surface area contributed by atoms with Crippen LogP contribution >= 0.6 is 11.3 Å². The van der Waals surface area contributed by atoms with Gasteiger partial charge in [-0.2, -0.15) is 0 Å². The van der Waals surface area contributed by atoms with Crippen molar-refractivity contribution in [3.8, 4) is 11.5 Å². The SMILES string of the molecule is O=C(c1ccccc1)c1ccc2c(c1)sc(=O)n2CN1CCN(Cc2ccc3c(c2)OCO3)CC1. The van der Waals surface area contributed by atoms with Crippen LogP contribution < -0.4 is 14.3 Å². The van der Waals surface area contributed by atoms with Crippen molar-refractivity contribution in [2.75, 3.05) is 33.0 Å². The van der Waals surface area contributed by atoms with Crippen LogP contribution in [0.1, 0.15) is 21.5 Å². The first-order chi connectivity index (χ1) is 17.1. The van der Waals surface area contributed by atoms with Gasteiger partial charge in [-0.25, -0.2) is 0 Å². The molecule has 0 unspecified atom stereocenters. The zero-order valence-electron chi connectivity index (χ0n) is 19.2. The maximum atomic E-state index is 12.8. The molecule has 0 radical (unpaired) electrons. The quantitative estimate of drug-likeness (QED) is 0.386. The van der Waals surface area contributed by atoms with Crippen molar-refractivity contribution in [1.29, 1.82) is 0 Å². The maximum Gasteiger partial charge on any atom is 0.309 e. The Morgan fingerprint density at radius 2 is 1.60 bits per heavy atom. The lowest BCUT2D eigenvalue weighted by molar-refractivity contribution is 0.103. The van der Waals surface area contributed by atoms with Gasteiger partial charge in [-0.15, -0.1) is 0 Å². The molecular weight excluding hydrogens is 462 g/mol. The van der Waals surface area contributed by atoms with E-state index < -0.39 is 0 Å². The van der Waals surface area contributed by atoms with Crippen LogP contribution in [0.25, 0.3) is 10.2 Å². The van der Waals surface area contributed by atoms with Gasteiger partial charge in [0.05, 0.1) is 16.9 Å². The first-order valence-corrected chi connectivity index (χ1v) is 12.5. The molecule has 1 aromatic heterocycles. The normalized spacial score (nSPS) is 16.1. The number of ketones is 1. The molecule has 0 spiro atoms. The van der Waals surface area contributed by atoms with Crippen LogP contribution in [0.5, 0.6) is 11.5 Å². The van der Waals surface area contributed by atoms with Gasteiger partial charge in [-0.3, -0.25) is 24.0 Å². The molecule has 4 aromatic rings. The average molecular weight is 488 g/mol. The fourth-order valence-corrected chi connectivity index (χ4v) is 5.61. The predicted octanol–water partition coefficient (Wildman–Crippen LogP) is 3.80. The smallest absolute Gasteiger partial charge is 0.309 e. The van der Waals surface area contributed by atoms with Crippen molar-refractivity contribution in [3.63, 3.8) is 0 Å². The minimum atomic E-state index is -0.0292. The molecule has 3 aromatic carbocycles. The second-order valence-corrected chi connectivity index (χ2v) is 9.89. The Morgan fingerprint density at radius 3 is 2.43 bits per heavy atom. The highest BCUT2D eigenvalue weighted by Gasteiger charge is 2.21. The predicted molar refractivity (Wildman–Crippen MR) is 135 cm³/mol. The number of piperazine rings is 1. The number of carbonyl (C=O) groups excluding carboxylic acids is 1. The molecule has 2 aliphatic rings. The highest BCUT2D eigenvalue weighted by atomic mass is 32.1. The summed E-state index contributed by atoms with van der Waals surface area (Å²) in [5, 5.41) is 0. The Labute approximate surface area is 206 Å². The minimum absolute atomic E-state index is 0.00657. The van der Waals surface area contributed by atoms with Crippen molar-refractivity contribution in [2.24, 2.45) is 0 Å². The number of hydrogen-bond donors (Lipinski definition) is 0. The maximum absolute atomic E-state index is 12.8. The van der Waals surface area contributed by atoms with Gasteiger partial charge in [0, 0.05) is 43.9 Å². The van der Waals surface area contributed by atoms with Gasteiger partial charge in [-0.1, -0.05) is 47.7 Å². The fourth-order valence-electron chi connectivity index (χ4n) is 4.68. The molecule has 0 aliphatic carbocycles. The fraction of sp³-hybridized carbons (Fsp3) is 0.259. The largest absolute Gasteiger partial charge is 0.454 e. The molecule has 1 saturated heterocycles. The highest BCUT2D eigenvalue weighted by molar-refractivity contribution is 7.16. The summed E-state index contributed by atoms with van der Waals surface area (Å²) in [6.07, 6.45) is 0. The van der Waals surface area contributed by atoms with Gasteiger partial charge in [-0.05, 0) is 35.9 Å². The summed E-state index contributed by atoms with van der Waals surface area (Å²) in [6.45, 7) is 5.35. The summed E-state index contributed by atoms with van der Waals surface area (Å²) in [5.41, 5.74) is 3.35. The van der Waals surface area contributed by atoms with E-state index in [1.165, 1.54) is 16.9 Å². The summed E-state index contributed by atoms with van der Waals surface area (Å²) < 4.78 is 13.6. The molecule has 0 atom stereocenters. The van der Waals surface area contributed by atoms with Crippen LogP contribution in [0.2, 0.25) is 0 Å². The number of rotatable bonds is 6. The Hall–Kier alpha value is -3.46. The highest BCUT2D eigenvalue weighted by Crippen LogP contribution is 2.33. The molecule has 0 N–H and O–H groups in total. The van der Waals surface area contributed by atoms with E-state index in [0.717, 1.165) is 54.4 Å². The molecule has 0 saturated carbocycles. The molecule has 0 bridgehead atoms. The van der Waals surface area contributed by atoms with E-state index in [1.807, 2.05) is 59.2 Å². The van der Waals surface area contributed by atoms with E-state index in [9.17, 15) is 9.59 Å². The van der Waals surface area contributed by atoms with E-state index in [-0.39, 0.29) is 10.7 Å². The third-order valence-corrected chi connectivity index (χ3v) is 7.56. The second-order valence-electron chi connectivity index (χ2n) is 8.90. The Kier molecular flexibility index (Phi) is 5.85. The summed E-state index contributed by atoms with van der Waals surface area (Å²) in [4.78, 5) is 30.3. The van der Waals surface area contributed by atoms with Crippen LogP contribution in [-0.2, 0) is 13.2 Å². The molecule has 8 heteroatoms. The second kappa shape index (κ2) is 9.30. The third-order valence-electron chi connectivity index (χ3n) is 6.62. The average Bonchev–Trinajstić information content (AvgIpc) is 3.48. The molecule has 35 heavy (non-hydrogen) atoms. The van der Waals surface area contributed by atoms with Gasteiger partial charge in [0.1, 0.15) is 0 Å². The zero-order valence-corrected chi connectivity index (χ0v) is 20.0. The number of thiazole rings is 1. The summed E-state index contributed by atoms with van der Waals surface area (Å²) in [5.74, 6) is 1.60. The Balaban J connectivity index is 1.11. The monoisotopic (exact) mass is 487 g/mol. The number of fused-ring (bicyclic) bond motifs is 2. The number of carbonyl (C=O) groups is 1. The molecule has 0 amide bonds. The van der Waals surface area contributed by atoms with Crippen LogP contribution in [0.15, 0.2) is 71.5 Å². The van der Waals surface area contributed by atoms with Crippen LogP contribution in [0.4, 0.5) is 0 Å². The van der Waals surface area contributed by atoms with Crippen LogP contribution in [0.3, 0.4) is 0 Å². The third kappa shape index (κ3) is 4.48. The molecule has 2 aliphatic heterocycles. The summed E-state index contributed by atoms with van der Waals surface area (Å²) in [6, 6.07) is 20.9. The minimum Gasteiger partial charge on any atom is -0.454 e. The standard InChI is InChI=1S/C27H25N3O4S/c31-26(20-4-2-1-3-5-20)21-7-8-22-25(15-21)35-27(32)30(22)17-29-12-10-28(11-13-29)16-19-6-9-23-24(14-19)34-18-33-23/h1-9,14-15H,10-13,16-18H2. The van der Waals surface area contributed by atoms with Crippen molar-refractivity contribution < 1.29 is 14.3 Å². The van der Waals surface area contributed by atoms with Gasteiger partial charge in [0.25, 0.3) is 0 Å². The van der Waals surface area contributed by atoms with Gasteiger partial charge in [0.2, 0.25) is 6.79 Å².